The van der Waals surface area contributed by atoms with Gasteiger partial charge in [-0.15, -0.1) is 0 Å². The van der Waals surface area contributed by atoms with Gasteiger partial charge in [0.1, 0.15) is 5.82 Å². The van der Waals surface area contributed by atoms with E-state index in [-0.39, 0.29) is 10.0 Å². The summed E-state index contributed by atoms with van der Waals surface area (Å²) >= 11 is 11.9. The predicted octanol–water partition coefficient (Wildman–Crippen LogP) is 4.24. The number of halogens is 3. The summed E-state index contributed by atoms with van der Waals surface area (Å²) in [6.07, 6.45) is 0. The van der Waals surface area contributed by atoms with Gasteiger partial charge in [0.25, 0.3) is 0 Å². The van der Waals surface area contributed by atoms with Crippen LogP contribution in [0.25, 0.3) is 0 Å². The van der Waals surface area contributed by atoms with Gasteiger partial charge in [-0.2, -0.15) is 0 Å². The Morgan fingerprint density at radius 1 is 1.24 bits per heavy atom. The van der Waals surface area contributed by atoms with Crippen LogP contribution in [0.1, 0.15) is 10.4 Å². The maximum absolute atomic E-state index is 13.2. The minimum atomic E-state index is -0.549. The van der Waals surface area contributed by atoms with E-state index in [1.54, 1.807) is 6.07 Å². The summed E-state index contributed by atoms with van der Waals surface area (Å²) in [5, 5.41) is 3.09. The number of hydrogen-bond donors (Lipinski definition) is 2. The molecule has 7 heteroatoms. The summed E-state index contributed by atoms with van der Waals surface area (Å²) in [5.74, 6) is -1.05. The highest BCUT2D eigenvalue weighted by molar-refractivity contribution is 6.39. The fraction of sp³-hybridized carbons (Fsp3) is 0.0714. The van der Waals surface area contributed by atoms with Crippen molar-refractivity contribution in [2.75, 3.05) is 18.2 Å². The van der Waals surface area contributed by atoms with Gasteiger partial charge in [-0.25, -0.2) is 9.18 Å². The Labute approximate surface area is 130 Å². The van der Waals surface area contributed by atoms with Crippen molar-refractivity contribution in [2.24, 2.45) is 0 Å². The van der Waals surface area contributed by atoms with Crippen molar-refractivity contribution in [3.05, 3.63) is 51.8 Å². The molecule has 2 rings (SSSR count). The highest BCUT2D eigenvalue weighted by atomic mass is 35.5. The van der Waals surface area contributed by atoms with Crippen LogP contribution in [-0.4, -0.2) is 13.1 Å². The summed E-state index contributed by atoms with van der Waals surface area (Å²) in [7, 11) is 1.28. The first-order chi connectivity index (χ1) is 9.92. The zero-order chi connectivity index (χ0) is 15.6. The smallest absolute Gasteiger partial charge is 0.337 e. The molecular formula is C14H11Cl2FN2O2. The largest absolute Gasteiger partial charge is 0.465 e. The molecule has 4 nitrogen and oxygen atoms in total. The molecule has 21 heavy (non-hydrogen) atoms. The molecule has 2 aromatic carbocycles. The van der Waals surface area contributed by atoms with Crippen LogP contribution < -0.4 is 11.1 Å². The van der Waals surface area contributed by atoms with E-state index in [1.807, 2.05) is 0 Å². The van der Waals surface area contributed by atoms with Crippen molar-refractivity contribution in [3.8, 4) is 0 Å². The third-order valence-corrected chi connectivity index (χ3v) is 3.34. The second kappa shape index (κ2) is 6.20. The summed E-state index contributed by atoms with van der Waals surface area (Å²) in [6, 6.07) is 6.81. The Morgan fingerprint density at radius 2 is 1.86 bits per heavy atom. The summed E-state index contributed by atoms with van der Waals surface area (Å²) in [6.45, 7) is 0. The average molecular weight is 329 g/mol. The van der Waals surface area contributed by atoms with E-state index in [0.717, 1.165) is 12.1 Å². The van der Waals surface area contributed by atoms with Gasteiger partial charge >= 0.3 is 5.97 Å². The van der Waals surface area contributed by atoms with Gasteiger partial charge < -0.3 is 15.8 Å². The molecule has 0 radical (unpaired) electrons. The molecule has 0 aliphatic carbocycles. The van der Waals surface area contributed by atoms with Gasteiger partial charge in [0.15, 0.2) is 0 Å². The maximum atomic E-state index is 13.2. The zero-order valence-corrected chi connectivity index (χ0v) is 12.4. The van der Waals surface area contributed by atoms with Crippen molar-refractivity contribution in [1.82, 2.24) is 0 Å². The lowest BCUT2D eigenvalue weighted by atomic mass is 10.1. The lowest BCUT2D eigenvalue weighted by Gasteiger charge is -2.13. The number of benzene rings is 2. The van der Waals surface area contributed by atoms with Crippen LogP contribution in [0.15, 0.2) is 30.3 Å². The molecule has 0 unspecified atom stereocenters. The van der Waals surface area contributed by atoms with Gasteiger partial charge in [-0.05, 0) is 30.3 Å². The molecule has 0 aliphatic rings. The lowest BCUT2D eigenvalue weighted by molar-refractivity contribution is 0.0601. The number of carbonyl (C=O) groups excluding carboxylic acids is 1. The maximum Gasteiger partial charge on any atom is 0.337 e. The standard InChI is InChI=1S/C14H11Cl2FN2O2/c1-21-14(20)7-2-3-11(18)12(4-7)19-13-9(15)5-8(17)6-10(13)16/h2-6,19H,18H2,1H3. The number of nitrogens with two attached hydrogens (primary N) is 1. The first-order valence-electron chi connectivity index (χ1n) is 5.81. The number of nitrogen functional groups attached to an aromatic ring is 1. The Balaban J connectivity index is 2.42. The number of methoxy groups -OCH3 is 1. The van der Waals surface area contributed by atoms with Gasteiger partial charge in [0.2, 0.25) is 0 Å². The molecule has 0 amide bonds. The molecule has 0 fully saturated rings. The van der Waals surface area contributed by atoms with Crippen LogP contribution in [0.5, 0.6) is 0 Å². The van der Waals surface area contributed by atoms with E-state index in [0.29, 0.717) is 22.6 Å². The Bertz CT molecular complexity index is 684. The van der Waals surface area contributed by atoms with Crippen LogP contribution in [0.2, 0.25) is 10.0 Å². The van der Waals surface area contributed by atoms with Crippen LogP contribution >= 0.6 is 23.2 Å². The molecule has 0 bridgehead atoms. The van der Waals surface area contributed by atoms with E-state index in [4.69, 9.17) is 28.9 Å². The first kappa shape index (κ1) is 15.4. The number of anilines is 3. The molecule has 2 aromatic rings. The fourth-order valence-corrected chi connectivity index (χ4v) is 2.26. The van der Waals surface area contributed by atoms with E-state index in [1.165, 1.54) is 19.2 Å². The molecule has 110 valence electrons. The molecule has 0 spiro atoms. The summed E-state index contributed by atoms with van der Waals surface area (Å²) in [5.41, 5.74) is 7.23. The normalized spacial score (nSPS) is 10.3. The number of rotatable bonds is 3. The number of carbonyl (C=O) groups is 1. The molecule has 0 aliphatic heterocycles. The van der Waals surface area contributed by atoms with E-state index in [9.17, 15) is 9.18 Å². The number of ether oxygens (including phenoxy) is 1. The summed E-state index contributed by atoms with van der Waals surface area (Å²) < 4.78 is 17.8. The van der Waals surface area contributed by atoms with Crippen molar-refractivity contribution in [1.29, 1.82) is 0 Å². The SMILES string of the molecule is COC(=O)c1ccc(N)c(Nc2c(Cl)cc(F)cc2Cl)c1. The van der Waals surface area contributed by atoms with Crippen LogP contribution in [-0.2, 0) is 4.74 Å². The predicted molar refractivity (Wildman–Crippen MR) is 81.9 cm³/mol. The monoisotopic (exact) mass is 328 g/mol. The van der Waals surface area contributed by atoms with Crippen molar-refractivity contribution < 1.29 is 13.9 Å². The van der Waals surface area contributed by atoms with Crippen molar-refractivity contribution in [2.45, 2.75) is 0 Å². The minimum Gasteiger partial charge on any atom is -0.465 e. The number of hydrogen-bond acceptors (Lipinski definition) is 4. The van der Waals surface area contributed by atoms with Crippen molar-refractivity contribution >= 4 is 46.2 Å². The molecule has 0 saturated carbocycles. The number of nitrogens with one attached hydrogen (secondary N) is 1. The lowest BCUT2D eigenvalue weighted by Crippen LogP contribution is -2.04. The molecule has 0 saturated heterocycles. The third-order valence-electron chi connectivity index (χ3n) is 2.74. The van der Waals surface area contributed by atoms with Crippen LogP contribution in [0.3, 0.4) is 0 Å². The van der Waals surface area contributed by atoms with E-state index in [2.05, 4.69) is 10.1 Å². The third kappa shape index (κ3) is 3.37. The van der Waals surface area contributed by atoms with E-state index < -0.39 is 11.8 Å². The first-order valence-corrected chi connectivity index (χ1v) is 6.57. The topological polar surface area (TPSA) is 64.3 Å². The number of esters is 1. The Kier molecular flexibility index (Phi) is 4.55. The molecule has 0 atom stereocenters. The summed E-state index contributed by atoms with van der Waals surface area (Å²) in [4.78, 5) is 11.5. The average Bonchev–Trinajstić information content (AvgIpc) is 2.43. The quantitative estimate of drug-likeness (QED) is 0.653. The highest BCUT2D eigenvalue weighted by Gasteiger charge is 2.13. The Hall–Kier alpha value is -1.98. The molecule has 3 N–H and O–H groups in total. The Morgan fingerprint density at radius 3 is 2.43 bits per heavy atom. The van der Waals surface area contributed by atoms with Gasteiger partial charge in [0.05, 0.1) is 39.8 Å². The van der Waals surface area contributed by atoms with Gasteiger partial charge in [-0.3, -0.25) is 0 Å². The van der Waals surface area contributed by atoms with E-state index >= 15 is 0 Å². The molecular weight excluding hydrogens is 318 g/mol. The van der Waals surface area contributed by atoms with Crippen molar-refractivity contribution in [3.63, 3.8) is 0 Å². The van der Waals surface area contributed by atoms with Crippen LogP contribution in [0.4, 0.5) is 21.5 Å². The van der Waals surface area contributed by atoms with Gasteiger partial charge in [0, 0.05) is 0 Å². The second-order valence-corrected chi connectivity index (χ2v) is 4.98. The fourth-order valence-electron chi connectivity index (χ4n) is 1.71. The van der Waals surface area contributed by atoms with Gasteiger partial charge in [-0.1, -0.05) is 23.2 Å². The molecule has 0 heterocycles. The second-order valence-electron chi connectivity index (χ2n) is 4.16. The van der Waals surface area contributed by atoms with Crippen LogP contribution in [0, 0.1) is 5.82 Å². The molecule has 0 aromatic heterocycles. The zero-order valence-electron chi connectivity index (χ0n) is 10.9. The highest BCUT2D eigenvalue weighted by Crippen LogP contribution is 2.35. The minimum absolute atomic E-state index is 0.0999.